The monoisotopic (exact) mass is 280 g/mol. The van der Waals surface area contributed by atoms with Crippen LogP contribution < -0.4 is 0 Å². The van der Waals surface area contributed by atoms with Gasteiger partial charge in [-0.2, -0.15) is 13.2 Å². The summed E-state index contributed by atoms with van der Waals surface area (Å²) >= 11 is 0. The smallest absolute Gasteiger partial charge is 0.388 e. The first kappa shape index (κ1) is 14.6. The van der Waals surface area contributed by atoms with Crippen LogP contribution in [0.4, 0.5) is 13.2 Å². The molecule has 1 N–H and O–H groups in total. The van der Waals surface area contributed by atoms with Crippen molar-refractivity contribution in [2.45, 2.75) is 25.6 Å². The predicted molar refractivity (Wildman–Crippen MR) is 71.3 cm³/mol. The van der Waals surface area contributed by atoms with Crippen molar-refractivity contribution in [3.8, 4) is 0 Å². The second kappa shape index (κ2) is 5.67. The van der Waals surface area contributed by atoms with Gasteiger partial charge in [-0.25, -0.2) is 0 Å². The Morgan fingerprint density at radius 2 is 1.70 bits per heavy atom. The van der Waals surface area contributed by atoms with Crippen LogP contribution in [0.3, 0.4) is 0 Å². The second-order valence-corrected chi connectivity index (χ2v) is 4.83. The summed E-state index contributed by atoms with van der Waals surface area (Å²) in [5.41, 5.74) is 1.55. The minimum atomic E-state index is -4.36. The SMILES string of the molecule is Cc1ccc(C(O)Cc2cccc(C(F)(F)F)c2)cc1. The summed E-state index contributed by atoms with van der Waals surface area (Å²) in [6.45, 7) is 1.93. The van der Waals surface area contributed by atoms with Gasteiger partial charge in [0.25, 0.3) is 0 Å². The third-order valence-electron chi connectivity index (χ3n) is 3.15. The van der Waals surface area contributed by atoms with Gasteiger partial charge < -0.3 is 5.11 Å². The third-order valence-corrected chi connectivity index (χ3v) is 3.15. The molecule has 1 atom stereocenters. The lowest BCUT2D eigenvalue weighted by Gasteiger charge is -2.13. The number of halogens is 3. The summed E-state index contributed by atoms with van der Waals surface area (Å²) in [6, 6.07) is 12.4. The lowest BCUT2D eigenvalue weighted by atomic mass is 9.99. The van der Waals surface area contributed by atoms with E-state index in [0.717, 1.165) is 17.7 Å². The van der Waals surface area contributed by atoms with Crippen molar-refractivity contribution >= 4 is 0 Å². The highest BCUT2D eigenvalue weighted by molar-refractivity contribution is 5.29. The van der Waals surface area contributed by atoms with Gasteiger partial charge in [0.1, 0.15) is 0 Å². The zero-order valence-electron chi connectivity index (χ0n) is 11.0. The largest absolute Gasteiger partial charge is 0.416 e. The van der Waals surface area contributed by atoms with Gasteiger partial charge in [-0.1, -0.05) is 48.0 Å². The molecule has 0 aliphatic heterocycles. The van der Waals surface area contributed by atoms with E-state index in [-0.39, 0.29) is 6.42 Å². The van der Waals surface area contributed by atoms with Crippen molar-refractivity contribution in [1.29, 1.82) is 0 Å². The number of hydrogen-bond donors (Lipinski definition) is 1. The number of rotatable bonds is 3. The molecule has 0 fully saturated rings. The molecule has 0 aliphatic rings. The fraction of sp³-hybridized carbons (Fsp3) is 0.250. The van der Waals surface area contributed by atoms with E-state index in [9.17, 15) is 18.3 Å². The molecule has 0 bridgehead atoms. The highest BCUT2D eigenvalue weighted by Gasteiger charge is 2.30. The molecule has 0 radical (unpaired) electrons. The van der Waals surface area contributed by atoms with Crippen LogP contribution in [-0.2, 0) is 12.6 Å². The first-order valence-electron chi connectivity index (χ1n) is 6.27. The molecule has 0 spiro atoms. The molecule has 106 valence electrons. The number of aryl methyl sites for hydroxylation is 1. The van der Waals surface area contributed by atoms with Gasteiger partial charge in [0.05, 0.1) is 11.7 Å². The van der Waals surface area contributed by atoms with Crippen LogP contribution in [0, 0.1) is 6.92 Å². The Balaban J connectivity index is 2.15. The normalized spacial score (nSPS) is 13.2. The van der Waals surface area contributed by atoms with Crippen LogP contribution in [0.5, 0.6) is 0 Å². The maximum Gasteiger partial charge on any atom is 0.416 e. The van der Waals surface area contributed by atoms with E-state index < -0.39 is 17.8 Å². The van der Waals surface area contributed by atoms with Crippen molar-refractivity contribution in [2.75, 3.05) is 0 Å². The van der Waals surface area contributed by atoms with E-state index in [1.165, 1.54) is 6.07 Å². The first-order valence-corrected chi connectivity index (χ1v) is 6.27. The molecule has 1 nitrogen and oxygen atoms in total. The maximum absolute atomic E-state index is 12.6. The van der Waals surface area contributed by atoms with Gasteiger partial charge in [-0.05, 0) is 24.1 Å². The zero-order chi connectivity index (χ0) is 14.8. The third kappa shape index (κ3) is 3.61. The van der Waals surface area contributed by atoms with Gasteiger partial charge in [0.2, 0.25) is 0 Å². The fourth-order valence-corrected chi connectivity index (χ4v) is 2.00. The molecule has 0 aliphatic carbocycles. The number of alkyl halides is 3. The Kier molecular flexibility index (Phi) is 4.14. The van der Waals surface area contributed by atoms with Gasteiger partial charge in [0.15, 0.2) is 0 Å². The van der Waals surface area contributed by atoms with Crippen LogP contribution in [0.2, 0.25) is 0 Å². The van der Waals surface area contributed by atoms with Crippen molar-refractivity contribution < 1.29 is 18.3 Å². The van der Waals surface area contributed by atoms with E-state index in [1.54, 1.807) is 18.2 Å². The van der Waals surface area contributed by atoms with Crippen LogP contribution in [0.15, 0.2) is 48.5 Å². The minimum absolute atomic E-state index is 0.160. The summed E-state index contributed by atoms with van der Waals surface area (Å²) in [7, 11) is 0. The molecule has 2 aromatic carbocycles. The van der Waals surface area contributed by atoms with Gasteiger partial charge in [-0.3, -0.25) is 0 Å². The number of benzene rings is 2. The highest BCUT2D eigenvalue weighted by Crippen LogP contribution is 2.30. The molecule has 0 saturated heterocycles. The topological polar surface area (TPSA) is 20.2 Å². The van der Waals surface area contributed by atoms with E-state index in [1.807, 2.05) is 19.1 Å². The summed E-state index contributed by atoms with van der Waals surface area (Å²) in [4.78, 5) is 0. The van der Waals surface area contributed by atoms with Crippen molar-refractivity contribution in [1.82, 2.24) is 0 Å². The predicted octanol–water partition coefficient (Wildman–Crippen LogP) is 4.29. The van der Waals surface area contributed by atoms with E-state index >= 15 is 0 Å². The van der Waals surface area contributed by atoms with Crippen molar-refractivity contribution in [3.63, 3.8) is 0 Å². The molecular formula is C16H15F3O. The molecule has 20 heavy (non-hydrogen) atoms. The minimum Gasteiger partial charge on any atom is -0.388 e. The molecule has 2 aromatic rings. The van der Waals surface area contributed by atoms with E-state index in [0.29, 0.717) is 11.1 Å². The second-order valence-electron chi connectivity index (χ2n) is 4.83. The quantitative estimate of drug-likeness (QED) is 0.889. The Morgan fingerprint density at radius 1 is 1.05 bits per heavy atom. The Morgan fingerprint density at radius 3 is 2.30 bits per heavy atom. The lowest BCUT2D eigenvalue weighted by molar-refractivity contribution is -0.137. The summed E-state index contributed by atoms with van der Waals surface area (Å²) in [5, 5.41) is 10.1. The van der Waals surface area contributed by atoms with Crippen LogP contribution in [0.25, 0.3) is 0 Å². The van der Waals surface area contributed by atoms with Gasteiger partial charge in [0, 0.05) is 6.42 Å². The molecule has 1 unspecified atom stereocenters. The number of aliphatic hydroxyl groups excluding tert-OH is 1. The van der Waals surface area contributed by atoms with E-state index in [4.69, 9.17) is 0 Å². The Hall–Kier alpha value is -1.81. The average Bonchev–Trinajstić information content (AvgIpc) is 2.38. The molecular weight excluding hydrogens is 265 g/mol. The Labute approximate surface area is 115 Å². The molecule has 2 rings (SSSR count). The van der Waals surface area contributed by atoms with Crippen molar-refractivity contribution in [2.24, 2.45) is 0 Å². The summed E-state index contributed by atoms with van der Waals surface area (Å²) in [5.74, 6) is 0. The molecule has 0 aromatic heterocycles. The molecule has 0 amide bonds. The van der Waals surface area contributed by atoms with Crippen LogP contribution in [-0.4, -0.2) is 5.11 Å². The van der Waals surface area contributed by atoms with Crippen LogP contribution >= 0.6 is 0 Å². The lowest BCUT2D eigenvalue weighted by Crippen LogP contribution is -2.07. The maximum atomic E-state index is 12.6. The van der Waals surface area contributed by atoms with Crippen LogP contribution in [0.1, 0.15) is 28.4 Å². The van der Waals surface area contributed by atoms with Gasteiger partial charge >= 0.3 is 6.18 Å². The number of aliphatic hydroxyl groups is 1. The highest BCUT2D eigenvalue weighted by atomic mass is 19.4. The Bertz CT molecular complexity index is 573. The van der Waals surface area contributed by atoms with E-state index in [2.05, 4.69) is 0 Å². The molecule has 0 heterocycles. The summed E-state index contributed by atoms with van der Waals surface area (Å²) < 4.78 is 37.8. The first-order chi connectivity index (χ1) is 9.36. The molecule has 4 heteroatoms. The average molecular weight is 280 g/mol. The fourth-order valence-electron chi connectivity index (χ4n) is 2.00. The zero-order valence-corrected chi connectivity index (χ0v) is 11.0. The standard InChI is InChI=1S/C16H15F3O/c1-11-5-7-13(8-6-11)15(20)10-12-3-2-4-14(9-12)16(17,18)19/h2-9,15,20H,10H2,1H3. The molecule has 0 saturated carbocycles. The number of hydrogen-bond acceptors (Lipinski definition) is 1. The van der Waals surface area contributed by atoms with Crippen molar-refractivity contribution in [3.05, 3.63) is 70.8 Å². The summed E-state index contributed by atoms with van der Waals surface area (Å²) in [6.07, 6.45) is -5.00. The van der Waals surface area contributed by atoms with Gasteiger partial charge in [-0.15, -0.1) is 0 Å².